The van der Waals surface area contributed by atoms with Crippen LogP contribution in [0.2, 0.25) is 5.02 Å². The van der Waals surface area contributed by atoms with E-state index in [0.29, 0.717) is 28.7 Å². The van der Waals surface area contributed by atoms with Crippen LogP contribution in [0, 0.1) is 5.92 Å². The highest BCUT2D eigenvalue weighted by Crippen LogP contribution is 2.19. The topological polar surface area (TPSA) is 67.2 Å². The Morgan fingerprint density at radius 3 is 2.75 bits per heavy atom. The summed E-state index contributed by atoms with van der Waals surface area (Å²) in [5, 5.41) is 3.32. The maximum absolute atomic E-state index is 11.8. The number of benzene rings is 1. The molecule has 4 nitrogen and oxygen atoms in total. The lowest BCUT2D eigenvalue weighted by Crippen LogP contribution is -2.28. The largest absolute Gasteiger partial charge is 0.352 e. The first-order chi connectivity index (χ1) is 7.54. The summed E-state index contributed by atoms with van der Waals surface area (Å²) in [5.41, 5.74) is 3.49. The molecule has 0 heterocycles. The van der Waals surface area contributed by atoms with Crippen LogP contribution >= 0.6 is 11.6 Å². The summed E-state index contributed by atoms with van der Waals surface area (Å²) in [6.45, 7) is 4.68. The van der Waals surface area contributed by atoms with Crippen molar-refractivity contribution in [2.45, 2.75) is 13.8 Å². The Balaban J connectivity index is 2.84. The molecule has 4 N–H and O–H groups in total. The number of hydrazine groups is 1. The number of hydrogen-bond donors (Lipinski definition) is 3. The summed E-state index contributed by atoms with van der Waals surface area (Å²) >= 11 is 5.83. The van der Waals surface area contributed by atoms with Gasteiger partial charge >= 0.3 is 0 Å². The van der Waals surface area contributed by atoms with Crippen LogP contribution in [-0.2, 0) is 0 Å². The van der Waals surface area contributed by atoms with Crippen LogP contribution in [0.1, 0.15) is 24.2 Å². The number of carbonyl (C=O) groups excluding carboxylic acids is 1. The third kappa shape index (κ3) is 3.40. The number of anilines is 1. The average molecular weight is 242 g/mol. The van der Waals surface area contributed by atoms with Crippen LogP contribution in [-0.4, -0.2) is 12.5 Å². The van der Waals surface area contributed by atoms with Crippen molar-refractivity contribution in [2.75, 3.05) is 12.0 Å². The highest BCUT2D eigenvalue weighted by Gasteiger charge is 2.11. The second-order valence-corrected chi connectivity index (χ2v) is 4.37. The highest BCUT2D eigenvalue weighted by atomic mass is 35.5. The Labute approximate surface area is 100 Å². The molecule has 0 unspecified atom stereocenters. The van der Waals surface area contributed by atoms with Gasteiger partial charge in [-0.25, -0.2) is 0 Å². The number of hydrogen-bond acceptors (Lipinski definition) is 3. The summed E-state index contributed by atoms with van der Waals surface area (Å²) < 4.78 is 0. The minimum absolute atomic E-state index is 0.177. The molecule has 1 amide bonds. The predicted octanol–water partition coefficient (Wildman–Crippen LogP) is 2.01. The summed E-state index contributed by atoms with van der Waals surface area (Å²) in [6.07, 6.45) is 0. The molecule has 88 valence electrons. The number of halogens is 1. The molecule has 1 aromatic rings. The van der Waals surface area contributed by atoms with E-state index in [1.807, 2.05) is 13.8 Å². The molecular formula is C11H16ClN3O. The van der Waals surface area contributed by atoms with Gasteiger partial charge in [0.05, 0.1) is 11.3 Å². The van der Waals surface area contributed by atoms with Gasteiger partial charge < -0.3 is 10.7 Å². The smallest absolute Gasteiger partial charge is 0.253 e. The molecule has 0 atom stereocenters. The molecule has 0 fully saturated rings. The number of rotatable bonds is 4. The van der Waals surface area contributed by atoms with Crippen LogP contribution in [0.3, 0.4) is 0 Å². The van der Waals surface area contributed by atoms with Crippen LogP contribution < -0.4 is 16.6 Å². The number of nitrogens with one attached hydrogen (secondary N) is 2. The number of nitrogen functional groups attached to an aromatic ring is 1. The van der Waals surface area contributed by atoms with Gasteiger partial charge in [-0.2, -0.15) is 0 Å². The van der Waals surface area contributed by atoms with Crippen LogP contribution in [0.25, 0.3) is 0 Å². The number of nitrogens with two attached hydrogens (primary N) is 1. The van der Waals surface area contributed by atoms with Crippen molar-refractivity contribution >= 4 is 23.2 Å². The van der Waals surface area contributed by atoms with Gasteiger partial charge in [0.2, 0.25) is 0 Å². The molecule has 0 aromatic heterocycles. The van der Waals surface area contributed by atoms with Crippen molar-refractivity contribution in [1.29, 1.82) is 0 Å². The predicted molar refractivity (Wildman–Crippen MR) is 66.4 cm³/mol. The van der Waals surface area contributed by atoms with Crippen molar-refractivity contribution in [3.8, 4) is 0 Å². The van der Waals surface area contributed by atoms with E-state index in [2.05, 4.69) is 10.7 Å². The lowest BCUT2D eigenvalue weighted by Gasteiger charge is -2.11. The Morgan fingerprint density at radius 2 is 2.19 bits per heavy atom. The van der Waals surface area contributed by atoms with Crippen molar-refractivity contribution in [3.05, 3.63) is 28.8 Å². The van der Waals surface area contributed by atoms with Gasteiger partial charge in [-0.15, -0.1) is 0 Å². The molecule has 0 saturated carbocycles. The van der Waals surface area contributed by atoms with Crippen molar-refractivity contribution in [3.63, 3.8) is 0 Å². The third-order valence-corrected chi connectivity index (χ3v) is 2.29. The fraction of sp³-hybridized carbons (Fsp3) is 0.364. The molecule has 0 spiro atoms. The van der Waals surface area contributed by atoms with Crippen molar-refractivity contribution in [2.24, 2.45) is 11.8 Å². The van der Waals surface area contributed by atoms with Gasteiger partial charge in [-0.3, -0.25) is 10.6 Å². The van der Waals surface area contributed by atoms with Gasteiger partial charge in [0.1, 0.15) is 0 Å². The van der Waals surface area contributed by atoms with Gasteiger partial charge in [0.25, 0.3) is 5.91 Å². The normalized spacial score (nSPS) is 10.3. The molecule has 5 heteroatoms. The average Bonchev–Trinajstić information content (AvgIpc) is 2.25. The van der Waals surface area contributed by atoms with Gasteiger partial charge in [-0.05, 0) is 24.1 Å². The Kier molecular flexibility index (Phi) is 4.58. The number of amides is 1. The highest BCUT2D eigenvalue weighted by molar-refractivity contribution is 6.31. The molecule has 1 aromatic carbocycles. The second-order valence-electron chi connectivity index (χ2n) is 3.94. The minimum atomic E-state index is -0.177. The second kappa shape index (κ2) is 5.72. The first kappa shape index (κ1) is 12.8. The standard InChI is InChI=1S/C11H16ClN3O/c1-7(2)6-14-11(16)9-5-8(12)3-4-10(9)15-13/h3-5,7,15H,6,13H2,1-2H3,(H,14,16). The first-order valence-electron chi connectivity index (χ1n) is 5.09. The molecule has 1 rings (SSSR count). The van der Waals surface area contributed by atoms with E-state index in [1.165, 1.54) is 0 Å². The monoisotopic (exact) mass is 241 g/mol. The fourth-order valence-electron chi connectivity index (χ4n) is 1.22. The molecular weight excluding hydrogens is 226 g/mol. The summed E-state index contributed by atoms with van der Waals surface area (Å²) in [4.78, 5) is 11.8. The van der Waals surface area contributed by atoms with Crippen molar-refractivity contribution < 1.29 is 4.79 Å². The van der Waals surface area contributed by atoms with Gasteiger partial charge in [-0.1, -0.05) is 25.4 Å². The lowest BCUT2D eigenvalue weighted by molar-refractivity contribution is 0.0950. The first-order valence-corrected chi connectivity index (χ1v) is 5.46. The van der Waals surface area contributed by atoms with E-state index in [9.17, 15) is 4.79 Å². The zero-order valence-electron chi connectivity index (χ0n) is 9.38. The van der Waals surface area contributed by atoms with E-state index in [0.717, 1.165) is 0 Å². The summed E-state index contributed by atoms with van der Waals surface area (Å²) in [5.74, 6) is 5.55. The van der Waals surface area contributed by atoms with E-state index >= 15 is 0 Å². The van der Waals surface area contributed by atoms with Gasteiger partial charge in [0.15, 0.2) is 0 Å². The van der Waals surface area contributed by atoms with E-state index in [4.69, 9.17) is 17.4 Å². The van der Waals surface area contributed by atoms with Crippen LogP contribution in [0.5, 0.6) is 0 Å². The molecule has 16 heavy (non-hydrogen) atoms. The lowest BCUT2D eigenvalue weighted by atomic mass is 10.1. The molecule has 0 saturated heterocycles. The molecule has 0 radical (unpaired) electrons. The van der Waals surface area contributed by atoms with Crippen LogP contribution in [0.4, 0.5) is 5.69 Å². The number of carbonyl (C=O) groups is 1. The summed E-state index contributed by atoms with van der Waals surface area (Å²) in [6, 6.07) is 4.94. The summed E-state index contributed by atoms with van der Waals surface area (Å²) in [7, 11) is 0. The quantitative estimate of drug-likeness (QED) is 0.558. The minimum Gasteiger partial charge on any atom is -0.352 e. The Morgan fingerprint density at radius 1 is 1.50 bits per heavy atom. The fourth-order valence-corrected chi connectivity index (χ4v) is 1.39. The Bertz CT molecular complexity index is 379. The molecule has 0 aliphatic heterocycles. The van der Waals surface area contributed by atoms with E-state index < -0.39 is 0 Å². The SMILES string of the molecule is CC(C)CNC(=O)c1cc(Cl)ccc1NN. The maximum Gasteiger partial charge on any atom is 0.253 e. The molecule has 0 aliphatic rings. The molecule has 0 bridgehead atoms. The van der Waals surface area contributed by atoms with Crippen molar-refractivity contribution in [1.82, 2.24) is 5.32 Å². The van der Waals surface area contributed by atoms with E-state index in [-0.39, 0.29) is 5.91 Å². The maximum atomic E-state index is 11.8. The molecule has 0 aliphatic carbocycles. The Hall–Kier alpha value is -1.26. The van der Waals surface area contributed by atoms with Gasteiger partial charge in [0, 0.05) is 11.6 Å². The zero-order valence-corrected chi connectivity index (χ0v) is 10.1. The van der Waals surface area contributed by atoms with Crippen LogP contribution in [0.15, 0.2) is 18.2 Å². The van der Waals surface area contributed by atoms with E-state index in [1.54, 1.807) is 18.2 Å². The third-order valence-electron chi connectivity index (χ3n) is 2.05. The zero-order chi connectivity index (χ0) is 12.1.